The van der Waals surface area contributed by atoms with Crippen LogP contribution in [0, 0.1) is 0 Å². The zero-order valence-corrected chi connectivity index (χ0v) is 9.91. The summed E-state index contributed by atoms with van der Waals surface area (Å²) < 4.78 is 0. The van der Waals surface area contributed by atoms with Crippen molar-refractivity contribution in [3.05, 3.63) is 71.8 Å². The summed E-state index contributed by atoms with van der Waals surface area (Å²) in [5.41, 5.74) is 2.59. The number of rotatable bonds is 4. The largest absolute Gasteiger partial charge is 0.360 e. The van der Waals surface area contributed by atoms with Crippen molar-refractivity contribution in [2.24, 2.45) is 0 Å². The molecule has 0 fully saturated rings. The first-order chi connectivity index (χ1) is 9.27. The summed E-state index contributed by atoms with van der Waals surface area (Å²) in [6.45, 7) is 0. The lowest BCUT2D eigenvalue weighted by Gasteiger charge is -2.05. The van der Waals surface area contributed by atoms with Crippen molar-refractivity contribution in [3.8, 4) is 0 Å². The number of nitrogens with one attached hydrogen (secondary N) is 1. The van der Waals surface area contributed by atoms with Gasteiger partial charge in [-0.3, -0.25) is 0 Å². The summed E-state index contributed by atoms with van der Waals surface area (Å²) in [6.07, 6.45) is 0. The molecular weight excluding hydrogens is 246 g/mol. The first-order valence-corrected chi connectivity index (χ1v) is 5.55. The van der Waals surface area contributed by atoms with Crippen LogP contribution in [0.4, 0.5) is 0 Å². The van der Waals surface area contributed by atoms with Crippen LogP contribution in [0.3, 0.4) is 0 Å². The fraction of sp³-hybridized carbons (Fsp3) is 0. The van der Waals surface area contributed by atoms with E-state index < -0.39 is 11.9 Å². The molecule has 0 unspecified atom stereocenters. The van der Waals surface area contributed by atoms with Crippen LogP contribution in [0.25, 0.3) is 0 Å². The van der Waals surface area contributed by atoms with E-state index in [1.165, 1.54) is 0 Å². The van der Waals surface area contributed by atoms with Crippen LogP contribution in [0.2, 0.25) is 0 Å². The van der Waals surface area contributed by atoms with Gasteiger partial charge in [0.05, 0.1) is 11.1 Å². The SMILES string of the molecule is O=C(ONOC(=O)c1ccccc1)c1ccccc1. The normalized spacial score (nSPS) is 9.68. The van der Waals surface area contributed by atoms with Crippen molar-refractivity contribution in [2.45, 2.75) is 0 Å². The Kier molecular flexibility index (Phi) is 4.25. The van der Waals surface area contributed by atoms with Crippen LogP contribution in [-0.4, -0.2) is 11.9 Å². The Morgan fingerprint density at radius 3 is 1.42 bits per heavy atom. The van der Waals surface area contributed by atoms with E-state index in [0.717, 1.165) is 0 Å². The van der Waals surface area contributed by atoms with Crippen LogP contribution >= 0.6 is 0 Å². The van der Waals surface area contributed by atoms with E-state index in [2.05, 4.69) is 9.68 Å². The smallest absolute Gasteiger partial charge is 0.331 e. The zero-order chi connectivity index (χ0) is 13.5. The molecular formula is C14H11NO4. The van der Waals surface area contributed by atoms with Gasteiger partial charge in [-0.25, -0.2) is 9.59 Å². The first kappa shape index (κ1) is 12.8. The monoisotopic (exact) mass is 257 g/mol. The standard InChI is InChI=1S/C14H11NO4/c16-13(11-7-3-1-4-8-11)18-15-19-14(17)12-9-5-2-6-10-12/h1-10,15H. The maximum atomic E-state index is 11.5. The van der Waals surface area contributed by atoms with Gasteiger partial charge in [0, 0.05) is 5.64 Å². The second-order valence-corrected chi connectivity index (χ2v) is 3.59. The summed E-state index contributed by atoms with van der Waals surface area (Å²) in [7, 11) is 0. The second kappa shape index (κ2) is 6.32. The van der Waals surface area contributed by atoms with Gasteiger partial charge in [-0.2, -0.15) is 0 Å². The fourth-order valence-corrected chi connectivity index (χ4v) is 1.36. The highest BCUT2D eigenvalue weighted by Crippen LogP contribution is 2.01. The molecule has 1 N–H and O–H groups in total. The van der Waals surface area contributed by atoms with E-state index in [0.29, 0.717) is 11.1 Å². The highest BCUT2D eigenvalue weighted by atomic mass is 16.9. The minimum absolute atomic E-state index is 0.353. The average Bonchev–Trinajstić information content (AvgIpc) is 2.49. The topological polar surface area (TPSA) is 64.6 Å². The molecule has 96 valence electrons. The maximum absolute atomic E-state index is 11.5. The molecule has 2 aromatic carbocycles. The van der Waals surface area contributed by atoms with Gasteiger partial charge in [-0.15, -0.1) is 0 Å². The van der Waals surface area contributed by atoms with E-state index in [-0.39, 0.29) is 0 Å². The Hall–Kier alpha value is -2.66. The molecule has 0 aromatic heterocycles. The van der Waals surface area contributed by atoms with Crippen LogP contribution in [0.1, 0.15) is 20.7 Å². The molecule has 0 aliphatic rings. The van der Waals surface area contributed by atoms with E-state index in [9.17, 15) is 9.59 Å². The Labute approximate surface area is 109 Å². The van der Waals surface area contributed by atoms with Gasteiger partial charge in [-0.1, -0.05) is 36.4 Å². The third-order valence-corrected chi connectivity index (χ3v) is 2.29. The molecule has 5 heteroatoms. The molecule has 0 radical (unpaired) electrons. The molecule has 0 bridgehead atoms. The van der Waals surface area contributed by atoms with Gasteiger partial charge in [0.2, 0.25) is 0 Å². The molecule has 0 heterocycles. The summed E-state index contributed by atoms with van der Waals surface area (Å²) in [5.74, 6) is -1.28. The Bertz CT molecular complexity index is 503. The van der Waals surface area contributed by atoms with Crippen molar-refractivity contribution >= 4 is 11.9 Å². The molecule has 0 amide bonds. The minimum atomic E-state index is -0.638. The Morgan fingerprint density at radius 1 is 0.684 bits per heavy atom. The number of carbonyl (C=O) groups excluding carboxylic acids is 2. The predicted molar refractivity (Wildman–Crippen MR) is 66.9 cm³/mol. The van der Waals surface area contributed by atoms with Crippen LogP contribution in [0.5, 0.6) is 0 Å². The third-order valence-electron chi connectivity index (χ3n) is 2.29. The molecule has 0 saturated heterocycles. The van der Waals surface area contributed by atoms with Crippen LogP contribution in [-0.2, 0) is 9.68 Å². The van der Waals surface area contributed by atoms with E-state index >= 15 is 0 Å². The van der Waals surface area contributed by atoms with Crippen molar-refractivity contribution in [1.82, 2.24) is 5.64 Å². The summed E-state index contributed by atoms with van der Waals surface area (Å²) in [4.78, 5) is 32.1. The van der Waals surface area contributed by atoms with Gasteiger partial charge in [0.1, 0.15) is 0 Å². The maximum Gasteiger partial charge on any atom is 0.360 e. The van der Waals surface area contributed by atoms with Crippen LogP contribution in [0.15, 0.2) is 60.7 Å². The number of hydrogen-bond donors (Lipinski definition) is 1. The van der Waals surface area contributed by atoms with Crippen LogP contribution < -0.4 is 5.64 Å². The molecule has 0 aliphatic carbocycles. The van der Waals surface area contributed by atoms with Gasteiger partial charge < -0.3 is 9.68 Å². The molecule has 0 saturated carbocycles. The zero-order valence-electron chi connectivity index (χ0n) is 9.91. The number of carbonyl (C=O) groups is 2. The van der Waals surface area contributed by atoms with Crippen molar-refractivity contribution < 1.29 is 19.3 Å². The lowest BCUT2D eigenvalue weighted by molar-refractivity contribution is -0.100. The summed E-state index contributed by atoms with van der Waals surface area (Å²) in [5, 5.41) is 0. The van der Waals surface area contributed by atoms with Gasteiger partial charge in [0.15, 0.2) is 0 Å². The highest BCUT2D eigenvalue weighted by Gasteiger charge is 2.09. The molecule has 0 atom stereocenters. The fourth-order valence-electron chi connectivity index (χ4n) is 1.36. The van der Waals surface area contributed by atoms with E-state index in [4.69, 9.17) is 0 Å². The van der Waals surface area contributed by atoms with Crippen molar-refractivity contribution in [2.75, 3.05) is 0 Å². The predicted octanol–water partition coefficient (Wildman–Crippen LogP) is 2.12. The van der Waals surface area contributed by atoms with E-state index in [1.807, 2.05) is 5.64 Å². The molecule has 0 aliphatic heterocycles. The van der Waals surface area contributed by atoms with Gasteiger partial charge in [-0.05, 0) is 24.3 Å². The lowest BCUT2D eigenvalue weighted by atomic mass is 10.2. The average molecular weight is 257 g/mol. The van der Waals surface area contributed by atoms with Gasteiger partial charge in [0.25, 0.3) is 0 Å². The second-order valence-electron chi connectivity index (χ2n) is 3.59. The summed E-state index contributed by atoms with van der Waals surface area (Å²) >= 11 is 0. The molecule has 0 spiro atoms. The Morgan fingerprint density at radius 2 is 1.05 bits per heavy atom. The number of benzene rings is 2. The summed E-state index contributed by atoms with van der Waals surface area (Å²) in [6, 6.07) is 16.7. The van der Waals surface area contributed by atoms with Gasteiger partial charge >= 0.3 is 11.9 Å². The Balaban J connectivity index is 1.81. The highest BCUT2D eigenvalue weighted by molar-refractivity contribution is 5.90. The van der Waals surface area contributed by atoms with Crippen molar-refractivity contribution in [1.29, 1.82) is 0 Å². The molecule has 2 aromatic rings. The quantitative estimate of drug-likeness (QED) is 0.850. The number of hydrogen-bond acceptors (Lipinski definition) is 5. The lowest BCUT2D eigenvalue weighted by Crippen LogP contribution is -2.24. The molecule has 2 rings (SSSR count). The minimum Gasteiger partial charge on any atom is -0.331 e. The third kappa shape index (κ3) is 3.65. The molecule has 5 nitrogen and oxygen atoms in total. The van der Waals surface area contributed by atoms with Crippen molar-refractivity contribution in [3.63, 3.8) is 0 Å². The first-order valence-electron chi connectivity index (χ1n) is 5.55. The van der Waals surface area contributed by atoms with E-state index in [1.54, 1.807) is 60.7 Å². The molecule has 19 heavy (non-hydrogen) atoms.